The van der Waals surface area contributed by atoms with Crippen molar-refractivity contribution in [3.63, 3.8) is 0 Å². The summed E-state index contributed by atoms with van der Waals surface area (Å²) in [6, 6.07) is 9.89. The lowest BCUT2D eigenvalue weighted by Gasteiger charge is -2.26. The van der Waals surface area contributed by atoms with E-state index in [1.807, 2.05) is 29.2 Å². The lowest BCUT2D eigenvalue weighted by Crippen LogP contribution is -2.31. The Labute approximate surface area is 133 Å². The monoisotopic (exact) mass is 315 g/mol. The minimum Gasteiger partial charge on any atom is -0.486 e. The number of thiophene rings is 1. The highest BCUT2D eigenvalue weighted by Gasteiger charge is 2.33. The summed E-state index contributed by atoms with van der Waals surface area (Å²) in [5.41, 5.74) is 0.612. The minimum atomic E-state index is 0.0400. The second-order valence-electron chi connectivity index (χ2n) is 5.50. The van der Waals surface area contributed by atoms with E-state index in [4.69, 9.17) is 9.47 Å². The van der Waals surface area contributed by atoms with E-state index in [-0.39, 0.29) is 11.9 Å². The molecule has 0 radical (unpaired) electrons. The van der Waals surface area contributed by atoms with E-state index < -0.39 is 0 Å². The molecule has 1 amide bonds. The molecule has 1 saturated heterocycles. The highest BCUT2D eigenvalue weighted by molar-refractivity contribution is 7.10. The number of para-hydroxylation sites is 1. The third-order valence-corrected chi connectivity index (χ3v) is 5.16. The number of carbonyl (C=O) groups is 1. The Hall–Kier alpha value is -2.01. The Kier molecular flexibility index (Phi) is 3.50. The smallest absolute Gasteiger partial charge is 0.258 e. The molecule has 1 aromatic carbocycles. The molecule has 2 aromatic rings. The van der Waals surface area contributed by atoms with Gasteiger partial charge in [0.1, 0.15) is 13.2 Å². The molecule has 114 valence electrons. The molecule has 0 unspecified atom stereocenters. The molecular formula is C17H17NO3S. The molecule has 1 aromatic heterocycles. The zero-order chi connectivity index (χ0) is 14.9. The van der Waals surface area contributed by atoms with Crippen LogP contribution in [0.3, 0.4) is 0 Å². The lowest BCUT2D eigenvalue weighted by atomic mass is 10.1. The van der Waals surface area contributed by atoms with Crippen molar-refractivity contribution in [2.75, 3.05) is 19.8 Å². The molecule has 4 nitrogen and oxygen atoms in total. The highest BCUT2D eigenvalue weighted by Crippen LogP contribution is 2.39. The van der Waals surface area contributed by atoms with Crippen LogP contribution < -0.4 is 9.47 Å². The number of benzene rings is 1. The Morgan fingerprint density at radius 1 is 1.18 bits per heavy atom. The molecule has 0 N–H and O–H groups in total. The third kappa shape index (κ3) is 2.25. The maximum Gasteiger partial charge on any atom is 0.258 e. The Morgan fingerprint density at radius 2 is 2.09 bits per heavy atom. The Morgan fingerprint density at radius 3 is 2.95 bits per heavy atom. The van der Waals surface area contributed by atoms with E-state index in [0.717, 1.165) is 19.4 Å². The molecular weight excluding hydrogens is 298 g/mol. The number of fused-ring (bicyclic) bond motifs is 1. The summed E-state index contributed by atoms with van der Waals surface area (Å²) in [6.07, 6.45) is 2.07. The van der Waals surface area contributed by atoms with Crippen LogP contribution in [0.25, 0.3) is 0 Å². The van der Waals surface area contributed by atoms with E-state index in [9.17, 15) is 4.79 Å². The molecule has 1 fully saturated rings. The standard InChI is InChI=1S/C17H17NO3S/c19-17(12-4-1-6-14-16(12)21-10-9-20-14)18-8-2-5-13(18)15-7-3-11-22-15/h1,3-4,6-7,11,13H,2,5,8-10H2/t13-/m0/s1. The quantitative estimate of drug-likeness (QED) is 0.851. The van der Waals surface area contributed by atoms with Crippen LogP contribution in [0.15, 0.2) is 35.7 Å². The maximum atomic E-state index is 13.0. The number of nitrogens with zero attached hydrogens (tertiary/aromatic N) is 1. The van der Waals surface area contributed by atoms with Crippen LogP contribution in [0.5, 0.6) is 11.5 Å². The van der Waals surface area contributed by atoms with Gasteiger partial charge in [0.2, 0.25) is 0 Å². The maximum absolute atomic E-state index is 13.0. The SMILES string of the molecule is O=C(c1cccc2c1OCCO2)N1CCC[C@H]1c1cccs1. The van der Waals surface area contributed by atoms with Gasteiger partial charge in [0, 0.05) is 11.4 Å². The zero-order valence-corrected chi connectivity index (χ0v) is 13.0. The van der Waals surface area contributed by atoms with E-state index in [0.29, 0.717) is 30.3 Å². The number of carbonyl (C=O) groups excluding carboxylic acids is 1. The summed E-state index contributed by atoms with van der Waals surface area (Å²) >= 11 is 1.72. The molecule has 22 heavy (non-hydrogen) atoms. The Bertz CT molecular complexity index is 683. The number of hydrogen-bond acceptors (Lipinski definition) is 4. The van der Waals surface area contributed by atoms with Gasteiger partial charge in [0.05, 0.1) is 11.6 Å². The number of ether oxygens (including phenoxy) is 2. The summed E-state index contributed by atoms with van der Waals surface area (Å²) in [5.74, 6) is 1.30. The second kappa shape index (κ2) is 5.65. The normalized spacial score (nSPS) is 20.2. The van der Waals surface area contributed by atoms with Crippen LogP contribution in [0.2, 0.25) is 0 Å². The fraction of sp³-hybridized carbons (Fsp3) is 0.353. The van der Waals surface area contributed by atoms with Gasteiger partial charge in [-0.05, 0) is 36.4 Å². The van der Waals surface area contributed by atoms with E-state index in [1.54, 1.807) is 11.3 Å². The van der Waals surface area contributed by atoms with Crippen LogP contribution in [-0.2, 0) is 0 Å². The van der Waals surface area contributed by atoms with Gasteiger partial charge in [-0.15, -0.1) is 11.3 Å². The van der Waals surface area contributed by atoms with Crippen molar-refractivity contribution >= 4 is 17.2 Å². The molecule has 2 aliphatic rings. The molecule has 0 bridgehead atoms. The van der Waals surface area contributed by atoms with Crippen molar-refractivity contribution in [3.8, 4) is 11.5 Å². The topological polar surface area (TPSA) is 38.8 Å². The van der Waals surface area contributed by atoms with E-state index in [2.05, 4.69) is 11.4 Å². The number of rotatable bonds is 2. The largest absolute Gasteiger partial charge is 0.486 e. The van der Waals surface area contributed by atoms with Gasteiger partial charge in [0.15, 0.2) is 11.5 Å². The van der Waals surface area contributed by atoms with Crippen molar-refractivity contribution in [1.29, 1.82) is 0 Å². The third-order valence-electron chi connectivity index (χ3n) is 4.18. The second-order valence-corrected chi connectivity index (χ2v) is 6.48. The van der Waals surface area contributed by atoms with Gasteiger partial charge >= 0.3 is 0 Å². The first-order valence-corrected chi connectivity index (χ1v) is 8.45. The first kappa shape index (κ1) is 13.6. The first-order valence-electron chi connectivity index (χ1n) is 7.57. The van der Waals surface area contributed by atoms with E-state index >= 15 is 0 Å². The average Bonchev–Trinajstić information content (AvgIpc) is 3.24. The zero-order valence-electron chi connectivity index (χ0n) is 12.2. The Balaban J connectivity index is 1.67. The molecule has 5 heteroatoms. The van der Waals surface area contributed by atoms with Crippen LogP contribution in [0.4, 0.5) is 0 Å². The summed E-state index contributed by atoms with van der Waals surface area (Å²) in [5, 5.41) is 2.07. The molecule has 2 aliphatic heterocycles. The molecule has 0 spiro atoms. The molecule has 3 heterocycles. The lowest BCUT2D eigenvalue weighted by molar-refractivity contribution is 0.0727. The summed E-state index contributed by atoms with van der Waals surface area (Å²) in [6.45, 7) is 1.82. The summed E-state index contributed by atoms with van der Waals surface area (Å²) in [4.78, 5) is 16.2. The van der Waals surface area contributed by atoms with Gasteiger partial charge in [0.25, 0.3) is 5.91 Å². The average molecular weight is 315 g/mol. The van der Waals surface area contributed by atoms with Crippen LogP contribution in [-0.4, -0.2) is 30.6 Å². The van der Waals surface area contributed by atoms with E-state index in [1.165, 1.54) is 4.88 Å². The number of hydrogen-bond donors (Lipinski definition) is 0. The highest BCUT2D eigenvalue weighted by atomic mass is 32.1. The van der Waals surface area contributed by atoms with Crippen LogP contribution >= 0.6 is 11.3 Å². The fourth-order valence-electron chi connectivity index (χ4n) is 3.18. The van der Waals surface area contributed by atoms with Gasteiger partial charge < -0.3 is 14.4 Å². The molecule has 4 rings (SSSR count). The molecule has 1 atom stereocenters. The van der Waals surface area contributed by atoms with Gasteiger partial charge in [-0.25, -0.2) is 0 Å². The minimum absolute atomic E-state index is 0.0400. The summed E-state index contributed by atoms with van der Waals surface area (Å²) in [7, 11) is 0. The predicted molar refractivity (Wildman–Crippen MR) is 84.8 cm³/mol. The number of likely N-dealkylation sites (tertiary alicyclic amines) is 1. The predicted octanol–water partition coefficient (Wildman–Crippen LogP) is 3.50. The fourth-order valence-corrected chi connectivity index (χ4v) is 4.06. The van der Waals surface area contributed by atoms with Crippen molar-refractivity contribution in [3.05, 3.63) is 46.2 Å². The van der Waals surface area contributed by atoms with Gasteiger partial charge in [-0.1, -0.05) is 12.1 Å². The van der Waals surface area contributed by atoms with Crippen LogP contribution in [0, 0.1) is 0 Å². The number of amides is 1. The van der Waals surface area contributed by atoms with Crippen LogP contribution in [0.1, 0.15) is 34.1 Å². The van der Waals surface area contributed by atoms with Crippen molar-refractivity contribution in [2.24, 2.45) is 0 Å². The van der Waals surface area contributed by atoms with Gasteiger partial charge in [-0.2, -0.15) is 0 Å². The molecule has 0 aliphatic carbocycles. The van der Waals surface area contributed by atoms with Gasteiger partial charge in [-0.3, -0.25) is 4.79 Å². The molecule has 0 saturated carbocycles. The van der Waals surface area contributed by atoms with Crippen molar-refractivity contribution in [1.82, 2.24) is 4.90 Å². The first-order chi connectivity index (χ1) is 10.8. The van der Waals surface area contributed by atoms with Crippen molar-refractivity contribution in [2.45, 2.75) is 18.9 Å². The summed E-state index contributed by atoms with van der Waals surface area (Å²) < 4.78 is 11.3. The van der Waals surface area contributed by atoms with Crippen molar-refractivity contribution < 1.29 is 14.3 Å².